The average molecular weight is 474 g/mol. The van der Waals surface area contributed by atoms with Crippen LogP contribution in [0.3, 0.4) is 0 Å². The van der Waals surface area contributed by atoms with Crippen molar-refractivity contribution in [1.82, 2.24) is 25.5 Å². The number of benzene rings is 1. The molecule has 10 nitrogen and oxygen atoms in total. The standard InChI is InChI=1S/C22H27N5O5S/c1-3-23-22(31)26-19(29)14(2)32-21(30)15-8-10-27(11-9-15)18(28)12-33-20-16-6-4-5-7-17(16)24-13-25-20/h4-7,13-15H,3,8-12H2,1-2H3,(H2,23,26,29,31)/t14-/m0/s1. The summed E-state index contributed by atoms with van der Waals surface area (Å²) in [6.45, 7) is 4.38. The van der Waals surface area contributed by atoms with E-state index in [-0.39, 0.29) is 11.7 Å². The molecule has 3 rings (SSSR count). The molecule has 1 aliphatic heterocycles. The number of urea groups is 1. The number of esters is 1. The number of piperidine rings is 1. The van der Waals surface area contributed by atoms with Crippen LogP contribution in [0.15, 0.2) is 35.6 Å². The number of para-hydroxylation sites is 1. The number of likely N-dealkylation sites (tertiary alicyclic amines) is 1. The van der Waals surface area contributed by atoms with E-state index in [9.17, 15) is 19.2 Å². The van der Waals surface area contributed by atoms with Gasteiger partial charge in [0.25, 0.3) is 5.91 Å². The van der Waals surface area contributed by atoms with Crippen LogP contribution in [0, 0.1) is 5.92 Å². The minimum atomic E-state index is -1.08. The molecule has 1 atom stereocenters. The molecular formula is C22H27N5O5S. The maximum Gasteiger partial charge on any atom is 0.321 e. The molecule has 0 saturated carbocycles. The number of nitrogens with one attached hydrogen (secondary N) is 2. The van der Waals surface area contributed by atoms with Gasteiger partial charge in [0.15, 0.2) is 6.10 Å². The molecule has 4 amide bonds. The van der Waals surface area contributed by atoms with Gasteiger partial charge < -0.3 is 15.0 Å². The third kappa shape index (κ3) is 6.64. The van der Waals surface area contributed by atoms with Crippen LogP contribution in [-0.4, -0.2) is 70.2 Å². The fourth-order valence-corrected chi connectivity index (χ4v) is 4.32. The average Bonchev–Trinajstić information content (AvgIpc) is 2.82. The van der Waals surface area contributed by atoms with Gasteiger partial charge in [0.1, 0.15) is 11.4 Å². The monoisotopic (exact) mass is 473 g/mol. The van der Waals surface area contributed by atoms with Crippen molar-refractivity contribution >= 4 is 46.5 Å². The molecule has 2 aromatic rings. The SMILES string of the molecule is CCNC(=O)NC(=O)[C@H](C)OC(=O)C1CCN(C(=O)CSc2ncnc3ccccc23)CC1. The molecule has 11 heteroatoms. The van der Waals surface area contributed by atoms with Gasteiger partial charge in [-0.2, -0.15) is 0 Å². The molecule has 0 aliphatic carbocycles. The lowest BCUT2D eigenvalue weighted by atomic mass is 9.97. The molecular weight excluding hydrogens is 446 g/mol. The minimum absolute atomic E-state index is 0.0239. The third-order valence-electron chi connectivity index (χ3n) is 5.26. The van der Waals surface area contributed by atoms with Crippen molar-refractivity contribution in [3.05, 3.63) is 30.6 Å². The highest BCUT2D eigenvalue weighted by Crippen LogP contribution is 2.25. The maximum absolute atomic E-state index is 12.7. The van der Waals surface area contributed by atoms with Crippen molar-refractivity contribution in [1.29, 1.82) is 0 Å². The van der Waals surface area contributed by atoms with Crippen LogP contribution in [0.25, 0.3) is 10.9 Å². The zero-order valence-electron chi connectivity index (χ0n) is 18.6. The number of amides is 4. The number of aromatic nitrogens is 2. The fraction of sp³-hybridized carbons (Fsp3) is 0.455. The first kappa shape index (κ1) is 24.4. The lowest BCUT2D eigenvalue weighted by Gasteiger charge is -2.31. The van der Waals surface area contributed by atoms with Gasteiger partial charge in [-0.3, -0.25) is 19.7 Å². The lowest BCUT2D eigenvalue weighted by Crippen LogP contribution is -2.46. The van der Waals surface area contributed by atoms with Gasteiger partial charge in [-0.05, 0) is 32.8 Å². The normalized spacial score (nSPS) is 15.0. The van der Waals surface area contributed by atoms with Gasteiger partial charge in [0.05, 0.1) is 17.2 Å². The van der Waals surface area contributed by atoms with Crippen LogP contribution in [0.2, 0.25) is 0 Å². The summed E-state index contributed by atoms with van der Waals surface area (Å²) in [5, 5.41) is 6.22. The Morgan fingerprint density at radius 1 is 1.18 bits per heavy atom. The van der Waals surface area contributed by atoms with Crippen LogP contribution in [-0.2, 0) is 19.1 Å². The lowest BCUT2D eigenvalue weighted by molar-refractivity contribution is -0.160. The van der Waals surface area contributed by atoms with Crippen LogP contribution < -0.4 is 10.6 Å². The van der Waals surface area contributed by atoms with E-state index >= 15 is 0 Å². The van der Waals surface area contributed by atoms with Crippen LogP contribution >= 0.6 is 11.8 Å². The van der Waals surface area contributed by atoms with E-state index in [1.54, 1.807) is 11.8 Å². The molecule has 1 fully saturated rings. The fourth-order valence-electron chi connectivity index (χ4n) is 3.42. The van der Waals surface area contributed by atoms with Crippen molar-refractivity contribution in [2.75, 3.05) is 25.4 Å². The molecule has 1 saturated heterocycles. The second-order valence-electron chi connectivity index (χ2n) is 7.57. The summed E-state index contributed by atoms with van der Waals surface area (Å²) in [7, 11) is 0. The molecule has 0 bridgehead atoms. The summed E-state index contributed by atoms with van der Waals surface area (Å²) in [6, 6.07) is 7.00. The zero-order valence-corrected chi connectivity index (χ0v) is 19.4. The number of carbonyl (C=O) groups is 4. The van der Waals surface area contributed by atoms with Gasteiger partial charge in [-0.1, -0.05) is 30.0 Å². The molecule has 1 aromatic heterocycles. The smallest absolute Gasteiger partial charge is 0.321 e. The number of rotatable bonds is 7. The van der Waals surface area contributed by atoms with Crippen molar-refractivity contribution in [2.24, 2.45) is 5.92 Å². The van der Waals surface area contributed by atoms with Crippen molar-refractivity contribution in [2.45, 2.75) is 37.8 Å². The number of carbonyl (C=O) groups excluding carboxylic acids is 4. The van der Waals surface area contributed by atoms with E-state index in [4.69, 9.17) is 4.74 Å². The molecule has 2 N–H and O–H groups in total. The first-order valence-electron chi connectivity index (χ1n) is 10.8. The van der Waals surface area contributed by atoms with E-state index < -0.39 is 29.9 Å². The first-order chi connectivity index (χ1) is 15.9. The van der Waals surface area contributed by atoms with E-state index in [0.29, 0.717) is 32.5 Å². The number of nitrogens with zero attached hydrogens (tertiary/aromatic N) is 3. The van der Waals surface area contributed by atoms with E-state index in [0.717, 1.165) is 15.9 Å². The molecule has 0 spiro atoms. The number of ether oxygens (including phenoxy) is 1. The van der Waals surface area contributed by atoms with Gasteiger partial charge in [-0.25, -0.2) is 14.8 Å². The zero-order chi connectivity index (χ0) is 23.8. The predicted molar refractivity (Wildman–Crippen MR) is 122 cm³/mol. The predicted octanol–water partition coefficient (Wildman–Crippen LogP) is 1.74. The van der Waals surface area contributed by atoms with E-state index in [2.05, 4.69) is 20.6 Å². The summed E-state index contributed by atoms with van der Waals surface area (Å²) >= 11 is 1.37. The van der Waals surface area contributed by atoms with Gasteiger partial charge >= 0.3 is 12.0 Å². The van der Waals surface area contributed by atoms with Crippen molar-refractivity contribution in [3.8, 4) is 0 Å². The second kappa shape index (κ2) is 11.6. The Bertz CT molecular complexity index is 1020. The highest BCUT2D eigenvalue weighted by molar-refractivity contribution is 8.00. The summed E-state index contributed by atoms with van der Waals surface area (Å²) in [5.74, 6) is -1.36. The molecule has 1 aliphatic rings. The van der Waals surface area contributed by atoms with E-state index in [1.807, 2.05) is 24.3 Å². The molecule has 2 heterocycles. The maximum atomic E-state index is 12.7. The quantitative estimate of drug-likeness (QED) is 0.353. The Balaban J connectivity index is 1.44. The van der Waals surface area contributed by atoms with Crippen molar-refractivity contribution in [3.63, 3.8) is 0 Å². The molecule has 0 radical (unpaired) electrons. The Morgan fingerprint density at radius 2 is 1.91 bits per heavy atom. The third-order valence-corrected chi connectivity index (χ3v) is 6.25. The number of hydrogen-bond donors (Lipinski definition) is 2. The highest BCUT2D eigenvalue weighted by Gasteiger charge is 2.30. The van der Waals surface area contributed by atoms with Crippen LogP contribution in [0.1, 0.15) is 26.7 Å². The van der Waals surface area contributed by atoms with Crippen LogP contribution in [0.4, 0.5) is 4.79 Å². The molecule has 176 valence electrons. The van der Waals surface area contributed by atoms with E-state index in [1.165, 1.54) is 25.0 Å². The van der Waals surface area contributed by atoms with Gasteiger partial charge in [0, 0.05) is 25.0 Å². The van der Waals surface area contributed by atoms with Gasteiger partial charge in [-0.15, -0.1) is 0 Å². The van der Waals surface area contributed by atoms with Gasteiger partial charge in [0.2, 0.25) is 5.91 Å². The summed E-state index contributed by atoms with van der Waals surface area (Å²) in [4.78, 5) is 58.7. The number of thioether (sulfide) groups is 1. The summed E-state index contributed by atoms with van der Waals surface area (Å²) in [6.07, 6.45) is 1.31. The minimum Gasteiger partial charge on any atom is -0.452 e. The molecule has 0 unspecified atom stereocenters. The first-order valence-corrected chi connectivity index (χ1v) is 11.8. The summed E-state index contributed by atoms with van der Waals surface area (Å²) in [5.41, 5.74) is 0.829. The number of imide groups is 1. The Hall–Kier alpha value is -3.21. The highest BCUT2D eigenvalue weighted by atomic mass is 32.2. The largest absolute Gasteiger partial charge is 0.452 e. The van der Waals surface area contributed by atoms with Crippen LogP contribution in [0.5, 0.6) is 0 Å². The summed E-state index contributed by atoms with van der Waals surface area (Å²) < 4.78 is 5.22. The Morgan fingerprint density at radius 3 is 2.64 bits per heavy atom. The molecule has 1 aromatic carbocycles. The Kier molecular flexibility index (Phi) is 8.58. The molecule has 33 heavy (non-hydrogen) atoms. The number of fused-ring (bicyclic) bond motifs is 1. The topological polar surface area (TPSA) is 131 Å². The van der Waals surface area contributed by atoms with Crippen molar-refractivity contribution < 1.29 is 23.9 Å². The Labute approximate surface area is 195 Å². The number of hydrogen-bond acceptors (Lipinski definition) is 8. The second-order valence-corrected chi connectivity index (χ2v) is 8.53.